The van der Waals surface area contributed by atoms with E-state index in [1.54, 1.807) is 0 Å². The summed E-state index contributed by atoms with van der Waals surface area (Å²) in [6.45, 7) is 2.21. The van der Waals surface area contributed by atoms with Crippen molar-refractivity contribution in [1.82, 2.24) is 4.90 Å². The van der Waals surface area contributed by atoms with E-state index in [-0.39, 0.29) is 12.1 Å². The Balaban J connectivity index is 1.75. The molecule has 0 aromatic heterocycles. The number of carbonyl (C=O) groups is 1. The van der Waals surface area contributed by atoms with Crippen LogP contribution in [0.2, 0.25) is 0 Å². The Morgan fingerprint density at radius 1 is 1.06 bits per heavy atom. The normalized spacial score (nSPS) is 35.9. The van der Waals surface area contributed by atoms with Crippen LogP contribution in [0, 0.1) is 5.92 Å². The molecule has 3 nitrogen and oxygen atoms in total. The number of likely N-dealkylation sites (tertiary alicyclic amines) is 1. The number of piperidine rings is 1. The Morgan fingerprint density at radius 3 is 2.65 bits per heavy atom. The van der Waals surface area contributed by atoms with E-state index in [4.69, 9.17) is 4.74 Å². The van der Waals surface area contributed by atoms with E-state index in [9.17, 15) is 4.79 Å². The number of rotatable bonds is 1. The smallest absolute Gasteiger partial charge is 0.336 e. The molecule has 2 atom stereocenters. The molecular weight excluding hydrogens is 214 g/mol. The van der Waals surface area contributed by atoms with Gasteiger partial charge in [-0.25, -0.2) is 4.79 Å². The molecule has 0 amide bonds. The first-order valence-corrected chi connectivity index (χ1v) is 7.01. The Bertz CT molecular complexity index is 331. The molecule has 0 bridgehead atoms. The fourth-order valence-electron chi connectivity index (χ4n) is 3.34. The highest BCUT2D eigenvalue weighted by Gasteiger charge is 2.41. The maximum Gasteiger partial charge on any atom is 0.336 e. The quantitative estimate of drug-likeness (QED) is 0.516. The molecule has 0 N–H and O–H groups in total. The van der Waals surface area contributed by atoms with Crippen molar-refractivity contribution in [2.45, 2.75) is 51.0 Å². The Kier molecular flexibility index (Phi) is 3.08. The minimum Gasteiger partial charge on any atom is -0.458 e. The molecule has 1 saturated carbocycles. The number of fused-ring (bicyclic) bond motifs is 1. The Hall–Kier alpha value is -0.990. The molecule has 0 radical (unpaired) electrons. The Labute approximate surface area is 103 Å². The first-order chi connectivity index (χ1) is 8.34. The highest BCUT2D eigenvalue weighted by molar-refractivity contribution is 5.91. The third kappa shape index (κ3) is 2.20. The largest absolute Gasteiger partial charge is 0.458 e. The van der Waals surface area contributed by atoms with Gasteiger partial charge in [-0.05, 0) is 38.5 Å². The minimum absolute atomic E-state index is 0.0486. The molecule has 2 saturated heterocycles. The van der Waals surface area contributed by atoms with Gasteiger partial charge in [0.25, 0.3) is 0 Å². The zero-order chi connectivity index (χ0) is 11.7. The number of hydrogen-bond acceptors (Lipinski definition) is 3. The molecule has 94 valence electrons. The summed E-state index contributed by atoms with van der Waals surface area (Å²) in [7, 11) is 0. The van der Waals surface area contributed by atoms with Crippen LogP contribution in [-0.4, -0.2) is 30.1 Å². The van der Waals surface area contributed by atoms with Crippen molar-refractivity contribution in [3.8, 4) is 0 Å². The van der Waals surface area contributed by atoms with Crippen LogP contribution in [0.5, 0.6) is 0 Å². The summed E-state index contributed by atoms with van der Waals surface area (Å²) in [5.41, 5.74) is 0.955. The van der Waals surface area contributed by atoms with Crippen molar-refractivity contribution < 1.29 is 9.53 Å². The van der Waals surface area contributed by atoms with Gasteiger partial charge in [-0.3, -0.25) is 0 Å². The lowest BCUT2D eigenvalue weighted by Crippen LogP contribution is -2.27. The van der Waals surface area contributed by atoms with Crippen LogP contribution in [0.1, 0.15) is 44.9 Å². The summed E-state index contributed by atoms with van der Waals surface area (Å²) < 4.78 is 5.49. The van der Waals surface area contributed by atoms with Gasteiger partial charge in [-0.15, -0.1) is 0 Å². The van der Waals surface area contributed by atoms with Gasteiger partial charge in [0.05, 0.1) is 5.57 Å². The molecule has 1 aliphatic carbocycles. The van der Waals surface area contributed by atoms with Gasteiger partial charge in [-0.2, -0.15) is 0 Å². The molecule has 3 heteroatoms. The van der Waals surface area contributed by atoms with E-state index in [1.807, 2.05) is 0 Å². The van der Waals surface area contributed by atoms with Gasteiger partial charge >= 0.3 is 5.97 Å². The summed E-state index contributed by atoms with van der Waals surface area (Å²) in [5.74, 6) is 0.339. The van der Waals surface area contributed by atoms with Gasteiger partial charge in [0.1, 0.15) is 6.10 Å². The molecule has 2 heterocycles. The standard InChI is InChI=1S/C14H21NO2/c16-14-12(10-15-8-4-1-5-9-15)11-6-2-3-7-13(11)17-14/h10-11,13H,1-9H2. The molecule has 0 spiro atoms. The van der Waals surface area contributed by atoms with Crippen LogP contribution in [0.4, 0.5) is 0 Å². The lowest BCUT2D eigenvalue weighted by atomic mass is 9.83. The molecular formula is C14H21NO2. The van der Waals surface area contributed by atoms with Crippen molar-refractivity contribution in [1.29, 1.82) is 0 Å². The van der Waals surface area contributed by atoms with Crippen LogP contribution < -0.4 is 0 Å². The molecule has 3 rings (SSSR count). The fraction of sp³-hybridized carbons (Fsp3) is 0.786. The predicted octanol–water partition coefficient (Wildman–Crippen LogP) is 2.47. The molecule has 0 aromatic rings. The summed E-state index contributed by atoms with van der Waals surface area (Å²) in [6, 6.07) is 0. The number of carbonyl (C=O) groups excluding carboxylic acids is 1. The van der Waals surface area contributed by atoms with Gasteiger partial charge < -0.3 is 9.64 Å². The van der Waals surface area contributed by atoms with Crippen LogP contribution >= 0.6 is 0 Å². The van der Waals surface area contributed by atoms with Gasteiger partial charge in [0.15, 0.2) is 0 Å². The Morgan fingerprint density at radius 2 is 1.82 bits per heavy atom. The van der Waals surface area contributed by atoms with Gasteiger partial charge in [0.2, 0.25) is 0 Å². The van der Waals surface area contributed by atoms with Crippen molar-refractivity contribution in [2.75, 3.05) is 13.1 Å². The van der Waals surface area contributed by atoms with E-state index in [2.05, 4.69) is 11.1 Å². The van der Waals surface area contributed by atoms with E-state index in [0.29, 0.717) is 5.92 Å². The average molecular weight is 235 g/mol. The third-order valence-corrected chi connectivity index (χ3v) is 4.31. The first-order valence-electron chi connectivity index (χ1n) is 7.01. The molecule has 2 aliphatic heterocycles. The second-order valence-corrected chi connectivity index (χ2v) is 5.52. The molecule has 3 aliphatic rings. The molecule has 2 unspecified atom stereocenters. The lowest BCUT2D eigenvalue weighted by Gasteiger charge is -2.27. The van der Waals surface area contributed by atoms with Crippen molar-refractivity contribution >= 4 is 5.97 Å². The van der Waals surface area contributed by atoms with Crippen LogP contribution in [0.15, 0.2) is 11.8 Å². The zero-order valence-corrected chi connectivity index (χ0v) is 10.4. The topological polar surface area (TPSA) is 29.5 Å². The van der Waals surface area contributed by atoms with E-state index >= 15 is 0 Å². The maximum atomic E-state index is 11.9. The minimum atomic E-state index is -0.0486. The molecule has 0 aromatic carbocycles. The molecule has 17 heavy (non-hydrogen) atoms. The third-order valence-electron chi connectivity index (χ3n) is 4.31. The zero-order valence-electron chi connectivity index (χ0n) is 10.4. The summed E-state index contributed by atoms with van der Waals surface area (Å²) >= 11 is 0. The summed E-state index contributed by atoms with van der Waals surface area (Å²) in [4.78, 5) is 14.2. The van der Waals surface area contributed by atoms with Crippen molar-refractivity contribution in [3.05, 3.63) is 11.8 Å². The van der Waals surface area contributed by atoms with Crippen LogP contribution in [-0.2, 0) is 9.53 Å². The van der Waals surface area contributed by atoms with Crippen molar-refractivity contribution in [2.24, 2.45) is 5.92 Å². The van der Waals surface area contributed by atoms with E-state index in [1.165, 1.54) is 32.1 Å². The van der Waals surface area contributed by atoms with Crippen LogP contribution in [0.25, 0.3) is 0 Å². The number of esters is 1. The number of ether oxygens (including phenoxy) is 1. The van der Waals surface area contributed by atoms with Gasteiger partial charge in [0, 0.05) is 25.2 Å². The monoisotopic (exact) mass is 235 g/mol. The van der Waals surface area contributed by atoms with Crippen molar-refractivity contribution in [3.63, 3.8) is 0 Å². The van der Waals surface area contributed by atoms with E-state index < -0.39 is 0 Å². The maximum absolute atomic E-state index is 11.9. The average Bonchev–Trinajstić information content (AvgIpc) is 2.68. The predicted molar refractivity (Wildman–Crippen MR) is 65.3 cm³/mol. The van der Waals surface area contributed by atoms with E-state index in [0.717, 1.165) is 31.5 Å². The first kappa shape index (κ1) is 11.1. The highest BCUT2D eigenvalue weighted by Crippen LogP contribution is 2.38. The second-order valence-electron chi connectivity index (χ2n) is 5.52. The summed E-state index contributed by atoms with van der Waals surface area (Å²) in [5, 5.41) is 0. The fourth-order valence-corrected chi connectivity index (χ4v) is 3.34. The van der Waals surface area contributed by atoms with Gasteiger partial charge in [-0.1, -0.05) is 6.42 Å². The molecule has 3 fully saturated rings. The number of hydrogen-bond donors (Lipinski definition) is 0. The summed E-state index contributed by atoms with van der Waals surface area (Å²) in [6.07, 6.45) is 10.8. The van der Waals surface area contributed by atoms with Crippen LogP contribution in [0.3, 0.4) is 0 Å². The SMILES string of the molecule is O=C1OC2CCCCC2C1=CN1CCCCC1. The second kappa shape index (κ2) is 4.71. The highest BCUT2D eigenvalue weighted by atomic mass is 16.6. The number of nitrogens with zero attached hydrogens (tertiary/aromatic N) is 1. The lowest BCUT2D eigenvalue weighted by molar-refractivity contribution is -0.139.